The fourth-order valence-electron chi connectivity index (χ4n) is 4.34. The zero-order valence-corrected chi connectivity index (χ0v) is 47.7. The summed E-state index contributed by atoms with van der Waals surface area (Å²) in [7, 11) is 0. The molecule has 85 heavy (non-hydrogen) atoms. The number of rotatable bonds is 36. The fourth-order valence-corrected chi connectivity index (χ4v) is 5.10. The Morgan fingerprint density at radius 1 is 0.376 bits per heavy atom. The normalized spacial score (nSPS) is 11.8. The molecule has 36 heteroatoms. The van der Waals surface area contributed by atoms with Crippen molar-refractivity contribution in [1.82, 2.24) is 10.6 Å². The summed E-state index contributed by atoms with van der Waals surface area (Å²) < 4.78 is 4.39. The van der Waals surface area contributed by atoms with Crippen LogP contribution >= 0.6 is 11.8 Å². The minimum Gasteiger partial charge on any atom is -0.480 e. The molecular formula is C49H80N8O27S. The smallest absolute Gasteiger partial charge is 0.374 e. The molecule has 0 aromatic carbocycles. The van der Waals surface area contributed by atoms with Gasteiger partial charge in [-0.1, -0.05) is 25.6 Å². The number of carboxylic acids is 6. The van der Waals surface area contributed by atoms with Gasteiger partial charge in [0.1, 0.15) is 36.3 Å². The van der Waals surface area contributed by atoms with Crippen molar-refractivity contribution in [3.05, 3.63) is 0 Å². The van der Waals surface area contributed by atoms with Crippen molar-refractivity contribution in [2.24, 2.45) is 34.4 Å². The van der Waals surface area contributed by atoms with Gasteiger partial charge in [0, 0.05) is 79.6 Å². The molecule has 0 radical (unpaired) electrons. The summed E-state index contributed by atoms with van der Waals surface area (Å²) in [6.07, 6.45) is 2.41. The second kappa shape index (κ2) is 52.5. The van der Waals surface area contributed by atoms with E-state index in [1.165, 1.54) is 13.8 Å². The van der Waals surface area contributed by atoms with E-state index in [0.29, 0.717) is 38.6 Å². The van der Waals surface area contributed by atoms with Crippen LogP contribution in [0.4, 0.5) is 0 Å². The number of carbonyl (C=O) groups is 20. The van der Waals surface area contributed by atoms with Crippen molar-refractivity contribution in [1.29, 1.82) is 0 Å². The van der Waals surface area contributed by atoms with E-state index >= 15 is 0 Å². The maximum Gasteiger partial charge on any atom is 0.374 e. The van der Waals surface area contributed by atoms with E-state index < -0.39 is 153 Å². The van der Waals surface area contributed by atoms with Gasteiger partial charge in [0.25, 0.3) is 28.5 Å². The number of hydrogen-bond donors (Lipinski definition) is 14. The van der Waals surface area contributed by atoms with Gasteiger partial charge in [0.2, 0.25) is 46.3 Å². The first-order valence-corrected chi connectivity index (χ1v) is 25.5. The number of hydrogen-bond acceptors (Lipinski definition) is 28. The second-order valence-electron chi connectivity index (χ2n) is 16.9. The Bertz CT molecular complexity index is 2230. The standard InChI is InChI=1S/C10H15NO5.C9H16N2O4.C8H11NO5.C7H12N2O4.C7H11NO5.C7H11NO4S.CH4/c1-6(12)9(14)8(13)5-3-2-4-7(11)10(15)16;1-6(12)8(13)11-5-3-2-4-7(10)9(14)15;1-4(10)7(12)6(11)3-2-5(9)8(13)14;1-4(10)6(11)9-3-2-5(8)7(12)13;2*1-4(9)7(12)13-3-2-5(8)6(10)11;/h7H,2-5,11H2,1H3,(H,15,16);7H,2-5,10H2,1H3,(H,11,13)(H,14,15);5H,2-3,9H2,1H3,(H,13,14);5H,2-3,8H2,1H3,(H,9,11)(H,12,13);2*5H,2-3,8H2,1H3,(H,10,11);1H4. The average molecular weight is 1250 g/mol. The molecule has 2 amide bonds. The van der Waals surface area contributed by atoms with Crippen LogP contribution in [0.25, 0.3) is 0 Å². The van der Waals surface area contributed by atoms with Gasteiger partial charge >= 0.3 is 41.8 Å². The van der Waals surface area contributed by atoms with Crippen molar-refractivity contribution < 1.29 is 131 Å². The number of ketones is 10. The van der Waals surface area contributed by atoms with Crippen molar-refractivity contribution >= 4 is 128 Å². The van der Waals surface area contributed by atoms with Crippen molar-refractivity contribution in [3.8, 4) is 0 Å². The summed E-state index contributed by atoms with van der Waals surface area (Å²) in [5.74, 6) is -16.5. The number of thioether (sulfide) groups is 1. The average Bonchev–Trinajstić information content (AvgIpc) is 3.40. The Morgan fingerprint density at radius 2 is 0.706 bits per heavy atom. The molecule has 0 aromatic rings. The van der Waals surface area contributed by atoms with Gasteiger partial charge in [-0.3, -0.25) is 91.1 Å². The number of amides is 2. The highest BCUT2D eigenvalue weighted by molar-refractivity contribution is 8.15. The topological polar surface area (TPSA) is 652 Å². The highest BCUT2D eigenvalue weighted by Crippen LogP contribution is 2.07. The molecular weight excluding hydrogens is 1160 g/mol. The van der Waals surface area contributed by atoms with E-state index in [0.717, 1.165) is 39.5 Å². The van der Waals surface area contributed by atoms with Crippen LogP contribution < -0.4 is 45.0 Å². The maximum absolute atomic E-state index is 11.0. The lowest BCUT2D eigenvalue weighted by atomic mass is 10.0. The molecule has 6 unspecified atom stereocenters. The molecule has 0 aliphatic rings. The number of aliphatic carboxylic acids is 6. The SMILES string of the molecule is C.CC(=O)C(=O)C(=O)CCC(N)C(=O)O.CC(=O)C(=O)C(=O)CCCCC(N)C(=O)O.CC(=O)C(=O)NCCC(N)C(=O)O.CC(=O)C(=O)NCCCCC(N)C(=O)O.CC(=O)C(=O)OCCC(N)C(=O)O.CC(=O)C(=O)SCCC(N)C(=O)O. The first-order valence-electron chi connectivity index (χ1n) is 24.5. The van der Waals surface area contributed by atoms with E-state index in [1.54, 1.807) is 0 Å². The number of nitrogens with two attached hydrogens (primary N) is 6. The van der Waals surface area contributed by atoms with Gasteiger partial charge in [-0.2, -0.15) is 0 Å². The van der Waals surface area contributed by atoms with E-state index in [4.69, 9.17) is 65.0 Å². The molecule has 35 nitrogen and oxygen atoms in total. The van der Waals surface area contributed by atoms with Crippen LogP contribution in [-0.4, -0.2) is 209 Å². The van der Waals surface area contributed by atoms with Gasteiger partial charge < -0.3 is 80.4 Å². The maximum atomic E-state index is 11.0. The summed E-state index contributed by atoms with van der Waals surface area (Å²) in [6.45, 7) is 6.88. The Balaban J connectivity index is -0.000000172. The number of nitrogens with one attached hydrogen (secondary N) is 2. The Labute approximate surface area is 491 Å². The Morgan fingerprint density at radius 3 is 1.06 bits per heavy atom. The van der Waals surface area contributed by atoms with Crippen LogP contribution in [0, 0.1) is 0 Å². The number of ether oxygens (including phenoxy) is 1. The summed E-state index contributed by atoms with van der Waals surface area (Å²) in [4.78, 5) is 210. The number of Topliss-reactive ketones (excluding diaryl/α,β-unsaturated/α-hetero) is 10. The lowest BCUT2D eigenvalue weighted by Crippen LogP contribution is -2.37. The van der Waals surface area contributed by atoms with Crippen LogP contribution in [0.2, 0.25) is 0 Å². The van der Waals surface area contributed by atoms with Crippen molar-refractivity contribution in [2.45, 2.75) is 162 Å². The lowest BCUT2D eigenvalue weighted by molar-refractivity contribution is -0.153. The van der Waals surface area contributed by atoms with Crippen molar-refractivity contribution in [2.75, 3.05) is 25.4 Å². The Kier molecular flexibility index (Phi) is 55.9. The largest absolute Gasteiger partial charge is 0.480 e. The van der Waals surface area contributed by atoms with Crippen LogP contribution in [0.5, 0.6) is 0 Å². The zero-order chi connectivity index (χ0) is 67.2. The van der Waals surface area contributed by atoms with Gasteiger partial charge in [-0.25, -0.2) is 4.79 Å². The van der Waals surface area contributed by atoms with Crippen LogP contribution in [0.15, 0.2) is 0 Å². The molecule has 0 rings (SSSR count). The van der Waals surface area contributed by atoms with Crippen LogP contribution in [0.1, 0.15) is 126 Å². The molecule has 6 atom stereocenters. The first kappa shape index (κ1) is 90.5. The molecule has 20 N–H and O–H groups in total. The van der Waals surface area contributed by atoms with Crippen LogP contribution in [0.3, 0.4) is 0 Å². The fraction of sp³-hybridized carbons (Fsp3) is 0.592. The minimum absolute atomic E-state index is 0. The molecule has 0 fully saturated rings. The van der Waals surface area contributed by atoms with E-state index in [1.807, 2.05) is 0 Å². The van der Waals surface area contributed by atoms with Crippen molar-refractivity contribution in [3.63, 3.8) is 0 Å². The number of carboxylic acid groups (broad SMARTS) is 6. The third-order valence-electron chi connectivity index (χ3n) is 9.41. The van der Waals surface area contributed by atoms with E-state index in [-0.39, 0.29) is 71.3 Å². The molecule has 0 aromatic heterocycles. The summed E-state index contributed by atoms with van der Waals surface area (Å²) in [6, 6.07) is -6.02. The number of esters is 1. The molecule has 0 aliphatic heterocycles. The quantitative estimate of drug-likeness (QED) is 0.0122. The number of carbonyl (C=O) groups excluding carboxylic acids is 14. The van der Waals surface area contributed by atoms with Crippen LogP contribution in [-0.2, 0) is 101 Å². The first-order chi connectivity index (χ1) is 38.5. The second-order valence-corrected chi connectivity index (χ2v) is 18.0. The molecule has 0 heterocycles. The van der Waals surface area contributed by atoms with E-state index in [2.05, 4.69) is 15.4 Å². The zero-order valence-electron chi connectivity index (χ0n) is 46.9. The predicted octanol–water partition coefficient (Wildman–Crippen LogP) is -4.45. The summed E-state index contributed by atoms with van der Waals surface area (Å²) in [5, 5.41) is 54.4. The summed E-state index contributed by atoms with van der Waals surface area (Å²) >= 11 is 0.798. The van der Waals surface area contributed by atoms with Gasteiger partial charge in [0.15, 0.2) is 0 Å². The third kappa shape index (κ3) is 56.0. The lowest BCUT2D eigenvalue weighted by Gasteiger charge is -2.06. The predicted molar refractivity (Wildman–Crippen MR) is 294 cm³/mol. The third-order valence-corrected chi connectivity index (χ3v) is 10.4. The molecule has 0 saturated heterocycles. The summed E-state index contributed by atoms with van der Waals surface area (Å²) in [5.41, 5.74) is 31.0. The van der Waals surface area contributed by atoms with Gasteiger partial charge in [-0.05, 0) is 51.4 Å². The monoisotopic (exact) mass is 1240 g/mol. The molecule has 0 spiro atoms. The molecule has 0 aliphatic carbocycles. The highest BCUT2D eigenvalue weighted by Gasteiger charge is 2.22. The van der Waals surface area contributed by atoms with Gasteiger partial charge in [-0.15, -0.1) is 0 Å². The minimum atomic E-state index is -1.24. The molecule has 484 valence electrons. The van der Waals surface area contributed by atoms with Gasteiger partial charge in [0.05, 0.1) is 6.61 Å². The Hall–Kier alpha value is -8.29. The number of unbranched alkanes of at least 4 members (excludes halogenated alkanes) is 2. The molecule has 0 saturated carbocycles. The molecule has 0 bridgehead atoms. The highest BCUT2D eigenvalue weighted by atomic mass is 32.2. The van der Waals surface area contributed by atoms with E-state index in [9.17, 15) is 95.9 Å².